The van der Waals surface area contributed by atoms with Crippen molar-refractivity contribution in [2.75, 3.05) is 6.61 Å². The molecule has 0 aliphatic carbocycles. The third kappa shape index (κ3) is 2.12. The first kappa shape index (κ1) is 11.3. The van der Waals surface area contributed by atoms with E-state index in [0.29, 0.717) is 0 Å². The lowest BCUT2D eigenvalue weighted by molar-refractivity contribution is 0.357. The molecule has 3 rings (SSSR count). The Labute approximate surface area is 113 Å². The molecule has 1 aliphatic heterocycles. The van der Waals surface area contributed by atoms with Gasteiger partial charge in [0.2, 0.25) is 0 Å². The molecule has 17 heavy (non-hydrogen) atoms. The van der Waals surface area contributed by atoms with Crippen LogP contribution in [0, 0.1) is 0 Å². The van der Waals surface area contributed by atoms with Gasteiger partial charge >= 0.3 is 0 Å². The molecular weight excluding hydrogens is 298 g/mol. The van der Waals surface area contributed by atoms with Crippen molar-refractivity contribution in [3.63, 3.8) is 0 Å². The number of rotatable bonds is 2. The summed E-state index contributed by atoms with van der Waals surface area (Å²) in [6, 6.07) is 10.3. The lowest BCUT2D eigenvalue weighted by Gasteiger charge is -2.11. The standard InChI is InChI=1S/C13H12BrNOS/c14-12-4-3-11(17-12)13(15)9-1-2-10-8(7-9)5-6-16-10/h1-4,7,13H,5-6,15H2. The molecule has 4 heteroatoms. The van der Waals surface area contributed by atoms with E-state index < -0.39 is 0 Å². The Morgan fingerprint density at radius 2 is 2.18 bits per heavy atom. The monoisotopic (exact) mass is 309 g/mol. The summed E-state index contributed by atoms with van der Waals surface area (Å²) in [4.78, 5) is 1.18. The van der Waals surface area contributed by atoms with Gasteiger partial charge in [-0.3, -0.25) is 0 Å². The first-order valence-electron chi connectivity index (χ1n) is 5.50. The summed E-state index contributed by atoms with van der Waals surface area (Å²) in [5.41, 5.74) is 8.70. The second kappa shape index (κ2) is 4.44. The van der Waals surface area contributed by atoms with Crippen LogP contribution in [0.1, 0.15) is 22.0 Å². The molecular formula is C13H12BrNOS. The molecule has 0 fully saturated rings. The van der Waals surface area contributed by atoms with Gasteiger partial charge in [-0.15, -0.1) is 11.3 Å². The summed E-state index contributed by atoms with van der Waals surface area (Å²) in [6.45, 7) is 0.790. The molecule has 0 radical (unpaired) electrons. The van der Waals surface area contributed by atoms with Crippen LogP contribution in [0.2, 0.25) is 0 Å². The number of thiophene rings is 1. The molecule has 0 saturated heterocycles. The largest absolute Gasteiger partial charge is 0.493 e. The van der Waals surface area contributed by atoms with Crippen LogP contribution in [0.5, 0.6) is 5.75 Å². The van der Waals surface area contributed by atoms with Crippen LogP contribution < -0.4 is 10.5 Å². The van der Waals surface area contributed by atoms with Crippen LogP contribution in [-0.4, -0.2) is 6.61 Å². The lowest BCUT2D eigenvalue weighted by Crippen LogP contribution is -2.10. The van der Waals surface area contributed by atoms with Crippen LogP contribution in [0.15, 0.2) is 34.1 Å². The third-order valence-corrected chi connectivity index (χ3v) is 4.68. The quantitative estimate of drug-likeness (QED) is 0.921. The highest BCUT2D eigenvalue weighted by Gasteiger charge is 2.16. The van der Waals surface area contributed by atoms with Gasteiger partial charge < -0.3 is 10.5 Å². The Morgan fingerprint density at radius 3 is 2.94 bits per heavy atom. The van der Waals surface area contributed by atoms with E-state index in [-0.39, 0.29) is 6.04 Å². The number of hydrogen-bond donors (Lipinski definition) is 1. The first-order valence-corrected chi connectivity index (χ1v) is 7.11. The molecule has 1 atom stereocenters. The second-order valence-electron chi connectivity index (χ2n) is 4.09. The van der Waals surface area contributed by atoms with Gasteiger partial charge in [-0.2, -0.15) is 0 Å². The number of fused-ring (bicyclic) bond motifs is 1. The van der Waals surface area contributed by atoms with Crippen molar-refractivity contribution in [2.24, 2.45) is 5.73 Å². The van der Waals surface area contributed by atoms with E-state index in [1.54, 1.807) is 11.3 Å². The van der Waals surface area contributed by atoms with Gasteiger partial charge in [-0.25, -0.2) is 0 Å². The molecule has 1 aromatic heterocycles. The Kier molecular flexibility index (Phi) is 2.94. The molecule has 0 saturated carbocycles. The van der Waals surface area contributed by atoms with Crippen LogP contribution >= 0.6 is 27.3 Å². The van der Waals surface area contributed by atoms with Gasteiger partial charge in [0.25, 0.3) is 0 Å². The highest BCUT2D eigenvalue weighted by molar-refractivity contribution is 9.11. The fraction of sp³-hybridized carbons (Fsp3) is 0.231. The maximum Gasteiger partial charge on any atom is 0.122 e. The van der Waals surface area contributed by atoms with Crippen molar-refractivity contribution in [1.29, 1.82) is 0 Å². The van der Waals surface area contributed by atoms with E-state index in [1.165, 1.54) is 10.4 Å². The summed E-state index contributed by atoms with van der Waals surface area (Å²) in [7, 11) is 0. The molecule has 0 spiro atoms. The predicted molar refractivity (Wildman–Crippen MR) is 73.7 cm³/mol. The molecule has 1 aliphatic rings. The van der Waals surface area contributed by atoms with Crippen LogP contribution in [0.3, 0.4) is 0 Å². The molecule has 1 unspecified atom stereocenters. The fourth-order valence-electron chi connectivity index (χ4n) is 2.06. The minimum Gasteiger partial charge on any atom is -0.493 e. The van der Waals surface area contributed by atoms with Gasteiger partial charge in [0.05, 0.1) is 16.4 Å². The van der Waals surface area contributed by atoms with Gasteiger partial charge in [0.1, 0.15) is 5.75 Å². The van der Waals surface area contributed by atoms with E-state index in [4.69, 9.17) is 10.5 Å². The number of benzene rings is 1. The zero-order valence-electron chi connectivity index (χ0n) is 9.15. The smallest absolute Gasteiger partial charge is 0.122 e. The van der Waals surface area contributed by atoms with Crippen molar-refractivity contribution in [2.45, 2.75) is 12.5 Å². The average molecular weight is 310 g/mol. The Bertz CT molecular complexity index is 552. The molecule has 1 aromatic carbocycles. The fourth-order valence-corrected chi connectivity index (χ4v) is 3.51. The van der Waals surface area contributed by atoms with Crippen molar-refractivity contribution in [1.82, 2.24) is 0 Å². The van der Waals surface area contributed by atoms with Crippen molar-refractivity contribution in [3.8, 4) is 5.75 Å². The summed E-state index contributed by atoms with van der Waals surface area (Å²) in [6.07, 6.45) is 0.990. The molecule has 88 valence electrons. The molecule has 2 nitrogen and oxygen atoms in total. The van der Waals surface area contributed by atoms with E-state index in [0.717, 1.165) is 28.1 Å². The minimum atomic E-state index is -0.0443. The summed E-state index contributed by atoms with van der Waals surface area (Å²) in [5, 5.41) is 0. The topological polar surface area (TPSA) is 35.2 Å². The van der Waals surface area contributed by atoms with Crippen molar-refractivity contribution >= 4 is 27.3 Å². The van der Waals surface area contributed by atoms with E-state index in [9.17, 15) is 0 Å². The lowest BCUT2D eigenvalue weighted by atomic mass is 10.0. The van der Waals surface area contributed by atoms with Gasteiger partial charge in [0.15, 0.2) is 0 Å². The summed E-state index contributed by atoms with van der Waals surface area (Å²) < 4.78 is 6.62. The summed E-state index contributed by atoms with van der Waals surface area (Å²) in [5.74, 6) is 1.01. The van der Waals surface area contributed by atoms with Crippen LogP contribution in [0.25, 0.3) is 0 Å². The maximum absolute atomic E-state index is 6.27. The van der Waals surface area contributed by atoms with Gasteiger partial charge in [0, 0.05) is 11.3 Å². The molecule has 2 heterocycles. The van der Waals surface area contributed by atoms with Crippen LogP contribution in [-0.2, 0) is 6.42 Å². The second-order valence-corrected chi connectivity index (χ2v) is 6.58. The zero-order chi connectivity index (χ0) is 11.8. The highest BCUT2D eigenvalue weighted by atomic mass is 79.9. The average Bonchev–Trinajstić information content (AvgIpc) is 2.95. The maximum atomic E-state index is 6.27. The van der Waals surface area contributed by atoms with Gasteiger partial charge in [-0.1, -0.05) is 12.1 Å². The Morgan fingerprint density at radius 1 is 1.29 bits per heavy atom. The number of hydrogen-bond acceptors (Lipinski definition) is 3. The zero-order valence-corrected chi connectivity index (χ0v) is 11.6. The van der Waals surface area contributed by atoms with Crippen LogP contribution in [0.4, 0.5) is 0 Å². The van der Waals surface area contributed by atoms with E-state index >= 15 is 0 Å². The van der Waals surface area contributed by atoms with Gasteiger partial charge in [-0.05, 0) is 45.3 Å². The molecule has 0 amide bonds. The molecule has 2 N–H and O–H groups in total. The Hall–Kier alpha value is -0.840. The van der Waals surface area contributed by atoms with E-state index in [2.05, 4.69) is 34.1 Å². The summed E-state index contributed by atoms with van der Waals surface area (Å²) >= 11 is 5.15. The molecule has 2 aromatic rings. The first-order chi connectivity index (χ1) is 8.24. The third-order valence-electron chi connectivity index (χ3n) is 2.97. The number of ether oxygens (including phenoxy) is 1. The number of halogens is 1. The molecule has 0 bridgehead atoms. The van der Waals surface area contributed by atoms with Crippen molar-refractivity contribution < 1.29 is 4.74 Å². The normalized spacial score (nSPS) is 15.4. The van der Waals surface area contributed by atoms with Crippen molar-refractivity contribution in [3.05, 3.63) is 50.1 Å². The SMILES string of the molecule is NC(c1ccc2c(c1)CCO2)c1ccc(Br)s1. The minimum absolute atomic E-state index is 0.0443. The van der Waals surface area contributed by atoms with E-state index in [1.807, 2.05) is 12.1 Å². The highest BCUT2D eigenvalue weighted by Crippen LogP contribution is 2.33. The predicted octanol–water partition coefficient (Wildman–Crippen LogP) is 3.49. The number of nitrogens with two attached hydrogens (primary N) is 1. The Balaban J connectivity index is 1.94.